The number of nitrogens with zero attached hydrogens (tertiary/aromatic N) is 2. The van der Waals surface area contributed by atoms with Gasteiger partial charge in [0, 0.05) is 5.56 Å². The van der Waals surface area contributed by atoms with Gasteiger partial charge in [-0.1, -0.05) is 59.2 Å². The molecule has 0 aliphatic carbocycles. The molecule has 1 heterocycles. The maximum Gasteiger partial charge on any atom is 0.258 e. The molecule has 0 aliphatic heterocycles. The van der Waals surface area contributed by atoms with Crippen molar-refractivity contribution in [3.05, 3.63) is 77.6 Å². The van der Waals surface area contributed by atoms with Gasteiger partial charge >= 0.3 is 0 Å². The van der Waals surface area contributed by atoms with Crippen LogP contribution in [0.5, 0.6) is 5.75 Å². The van der Waals surface area contributed by atoms with E-state index in [1.165, 1.54) is 0 Å². The van der Waals surface area contributed by atoms with Gasteiger partial charge in [0.1, 0.15) is 5.75 Å². The number of amides is 1. The van der Waals surface area contributed by atoms with Crippen LogP contribution in [0.15, 0.2) is 71.3 Å². The summed E-state index contributed by atoms with van der Waals surface area (Å²) in [5, 5.41) is 9.29. The minimum atomic E-state index is -0.286. The van der Waals surface area contributed by atoms with Gasteiger partial charge in [0.25, 0.3) is 5.91 Å². The molecule has 0 radical (unpaired) electrons. The highest BCUT2D eigenvalue weighted by Gasteiger charge is 2.12. The van der Waals surface area contributed by atoms with Crippen LogP contribution in [0.1, 0.15) is 5.89 Å². The van der Waals surface area contributed by atoms with Crippen molar-refractivity contribution in [3.8, 4) is 17.1 Å². The number of aromatic nitrogens is 2. The van der Waals surface area contributed by atoms with Crippen LogP contribution in [-0.2, 0) is 11.3 Å². The highest BCUT2D eigenvalue weighted by Crippen LogP contribution is 2.24. The van der Waals surface area contributed by atoms with Crippen LogP contribution in [0.4, 0.5) is 0 Å². The first kappa shape index (κ1) is 18.0. The number of halogens is 1. The van der Waals surface area contributed by atoms with E-state index in [0.29, 0.717) is 22.2 Å². The Bertz CT molecular complexity index is 1130. The Kier molecular flexibility index (Phi) is 5.21. The molecule has 0 saturated carbocycles. The molecule has 0 aliphatic rings. The molecule has 4 rings (SSSR count). The number of carbonyl (C=O) groups is 1. The van der Waals surface area contributed by atoms with Crippen LogP contribution in [-0.4, -0.2) is 22.7 Å². The average molecular weight is 394 g/mol. The topological polar surface area (TPSA) is 77.2 Å². The number of carbonyl (C=O) groups excluding carboxylic acids is 1. The summed E-state index contributed by atoms with van der Waals surface area (Å²) in [6.45, 7) is 0.00120. The zero-order valence-corrected chi connectivity index (χ0v) is 15.5. The largest absolute Gasteiger partial charge is 0.484 e. The fourth-order valence-electron chi connectivity index (χ4n) is 2.71. The molecule has 7 heteroatoms. The highest BCUT2D eigenvalue weighted by molar-refractivity contribution is 6.33. The Labute approximate surface area is 166 Å². The molecule has 0 atom stereocenters. The monoisotopic (exact) mass is 393 g/mol. The van der Waals surface area contributed by atoms with Gasteiger partial charge in [0.15, 0.2) is 6.61 Å². The van der Waals surface area contributed by atoms with Crippen LogP contribution in [0.3, 0.4) is 0 Å². The summed E-state index contributed by atoms with van der Waals surface area (Å²) in [5.74, 6) is 1.01. The average Bonchev–Trinajstić information content (AvgIpc) is 3.19. The van der Waals surface area contributed by atoms with Crippen molar-refractivity contribution in [2.24, 2.45) is 0 Å². The molecule has 0 unspecified atom stereocenters. The molecular weight excluding hydrogens is 378 g/mol. The van der Waals surface area contributed by atoms with E-state index >= 15 is 0 Å². The number of hydrogen-bond acceptors (Lipinski definition) is 5. The lowest BCUT2D eigenvalue weighted by Gasteiger charge is -2.07. The lowest BCUT2D eigenvalue weighted by atomic mass is 10.1. The maximum absolute atomic E-state index is 12.0. The van der Waals surface area contributed by atoms with Gasteiger partial charge in [-0.05, 0) is 35.0 Å². The van der Waals surface area contributed by atoms with Gasteiger partial charge in [-0.15, -0.1) is 0 Å². The Morgan fingerprint density at radius 1 is 1.04 bits per heavy atom. The van der Waals surface area contributed by atoms with E-state index in [9.17, 15) is 4.79 Å². The van der Waals surface area contributed by atoms with E-state index in [-0.39, 0.29) is 24.9 Å². The lowest BCUT2D eigenvalue weighted by molar-refractivity contribution is -0.123. The summed E-state index contributed by atoms with van der Waals surface area (Å²) in [6.07, 6.45) is 0. The molecule has 3 aromatic carbocycles. The number of rotatable bonds is 6. The summed E-state index contributed by atoms with van der Waals surface area (Å²) in [5.41, 5.74) is 0.671. The van der Waals surface area contributed by atoms with Gasteiger partial charge < -0.3 is 14.6 Å². The Morgan fingerprint density at radius 2 is 1.82 bits per heavy atom. The second kappa shape index (κ2) is 8.10. The molecule has 6 nitrogen and oxygen atoms in total. The lowest BCUT2D eigenvalue weighted by Crippen LogP contribution is -2.28. The fraction of sp³-hybridized carbons (Fsp3) is 0.0952. The van der Waals surface area contributed by atoms with E-state index in [4.69, 9.17) is 20.9 Å². The van der Waals surface area contributed by atoms with Crippen molar-refractivity contribution in [2.75, 3.05) is 6.61 Å². The maximum atomic E-state index is 12.0. The smallest absolute Gasteiger partial charge is 0.258 e. The zero-order valence-electron chi connectivity index (χ0n) is 14.8. The molecule has 1 amide bonds. The standard InChI is InChI=1S/C21H16ClN3O3/c22-18-8-4-3-7-17(18)21-24-20(28-25-21)12-23-19(26)13-27-16-10-9-14-5-1-2-6-15(14)11-16/h1-11H,12-13H2,(H,23,26). The van der Waals surface area contributed by atoms with Crippen LogP contribution < -0.4 is 10.1 Å². The Balaban J connectivity index is 1.31. The van der Waals surface area contributed by atoms with E-state index < -0.39 is 0 Å². The van der Waals surface area contributed by atoms with Crippen LogP contribution in [0.25, 0.3) is 22.2 Å². The van der Waals surface area contributed by atoms with Crippen molar-refractivity contribution in [1.82, 2.24) is 15.5 Å². The Hall–Kier alpha value is -3.38. The quantitative estimate of drug-likeness (QED) is 0.530. The number of benzene rings is 3. The zero-order chi connectivity index (χ0) is 19.3. The van der Waals surface area contributed by atoms with Crippen LogP contribution in [0, 0.1) is 0 Å². The van der Waals surface area contributed by atoms with Crippen molar-refractivity contribution in [1.29, 1.82) is 0 Å². The number of nitrogens with one attached hydrogen (secondary N) is 1. The first-order valence-electron chi connectivity index (χ1n) is 8.65. The van der Waals surface area contributed by atoms with E-state index in [2.05, 4.69) is 15.5 Å². The summed E-state index contributed by atoms with van der Waals surface area (Å²) in [6, 6.07) is 20.8. The molecule has 1 N–H and O–H groups in total. The molecule has 4 aromatic rings. The van der Waals surface area contributed by atoms with Gasteiger partial charge in [-0.3, -0.25) is 4.79 Å². The van der Waals surface area contributed by atoms with Gasteiger partial charge in [-0.25, -0.2) is 0 Å². The first-order valence-corrected chi connectivity index (χ1v) is 9.02. The molecule has 0 saturated heterocycles. The summed E-state index contributed by atoms with van der Waals surface area (Å²) in [4.78, 5) is 16.3. The first-order chi connectivity index (χ1) is 13.7. The number of hydrogen-bond donors (Lipinski definition) is 1. The minimum absolute atomic E-state index is 0.107. The van der Waals surface area contributed by atoms with Crippen LogP contribution in [0.2, 0.25) is 5.02 Å². The molecule has 1 aromatic heterocycles. The molecule has 0 fully saturated rings. The van der Waals surface area contributed by atoms with Gasteiger partial charge in [0.05, 0.1) is 11.6 Å². The van der Waals surface area contributed by atoms with E-state index in [1.54, 1.807) is 12.1 Å². The van der Waals surface area contributed by atoms with Gasteiger partial charge in [0.2, 0.25) is 11.7 Å². The second-order valence-electron chi connectivity index (χ2n) is 6.07. The molecule has 28 heavy (non-hydrogen) atoms. The normalized spacial score (nSPS) is 10.8. The second-order valence-corrected chi connectivity index (χ2v) is 6.47. The van der Waals surface area contributed by atoms with Gasteiger partial charge in [-0.2, -0.15) is 4.98 Å². The van der Waals surface area contributed by atoms with E-state index in [1.807, 2.05) is 54.6 Å². The molecule has 0 bridgehead atoms. The summed E-state index contributed by atoms with van der Waals surface area (Å²) >= 11 is 6.12. The Morgan fingerprint density at radius 3 is 2.68 bits per heavy atom. The van der Waals surface area contributed by atoms with E-state index in [0.717, 1.165) is 10.8 Å². The minimum Gasteiger partial charge on any atom is -0.484 e. The highest BCUT2D eigenvalue weighted by atomic mass is 35.5. The van der Waals surface area contributed by atoms with Crippen molar-refractivity contribution >= 4 is 28.3 Å². The molecule has 140 valence electrons. The fourth-order valence-corrected chi connectivity index (χ4v) is 2.93. The third-order valence-electron chi connectivity index (χ3n) is 4.11. The predicted octanol–water partition coefficient (Wildman–Crippen LogP) is 4.24. The van der Waals surface area contributed by atoms with Crippen molar-refractivity contribution in [3.63, 3.8) is 0 Å². The summed E-state index contributed by atoms with van der Waals surface area (Å²) in [7, 11) is 0. The van der Waals surface area contributed by atoms with Crippen molar-refractivity contribution in [2.45, 2.75) is 6.54 Å². The summed E-state index contributed by atoms with van der Waals surface area (Å²) < 4.78 is 10.7. The van der Waals surface area contributed by atoms with Crippen LogP contribution >= 0.6 is 11.6 Å². The third-order valence-corrected chi connectivity index (χ3v) is 4.44. The predicted molar refractivity (Wildman–Crippen MR) is 106 cm³/mol. The SMILES string of the molecule is O=C(COc1ccc2ccccc2c1)NCc1nc(-c2ccccc2Cl)no1. The number of ether oxygens (including phenoxy) is 1. The third kappa shape index (κ3) is 4.13. The molecule has 0 spiro atoms. The molecular formula is C21H16ClN3O3. The van der Waals surface area contributed by atoms with Crippen molar-refractivity contribution < 1.29 is 14.1 Å². The number of fused-ring (bicyclic) bond motifs is 1.